The fraction of sp³-hybridized carbons (Fsp3) is 0.333. The Hall–Kier alpha value is -2.25. The average molecular weight is 365 g/mol. The van der Waals surface area contributed by atoms with Gasteiger partial charge in [0.15, 0.2) is 0 Å². The zero-order valence-corrected chi connectivity index (χ0v) is 15.7. The fourth-order valence-electron chi connectivity index (χ4n) is 2.45. The Balaban J connectivity index is 2.29. The summed E-state index contributed by atoms with van der Waals surface area (Å²) in [4.78, 5) is 0.201. The van der Waals surface area contributed by atoms with Gasteiger partial charge in [0.25, 0.3) is 0 Å². The summed E-state index contributed by atoms with van der Waals surface area (Å²) in [5.74, 6) is 1.79. The van der Waals surface area contributed by atoms with Gasteiger partial charge in [0.1, 0.15) is 17.2 Å². The van der Waals surface area contributed by atoms with Crippen LogP contribution in [0.15, 0.2) is 47.4 Å². The zero-order valence-electron chi connectivity index (χ0n) is 14.9. The molecule has 0 fully saturated rings. The number of ether oxygens (including phenoxy) is 3. The van der Waals surface area contributed by atoms with E-state index in [1.165, 1.54) is 23.5 Å². The Morgan fingerprint density at radius 1 is 0.960 bits per heavy atom. The van der Waals surface area contributed by atoms with Crippen molar-refractivity contribution in [3.05, 3.63) is 48.0 Å². The van der Waals surface area contributed by atoms with Gasteiger partial charge in [-0.25, -0.2) is 8.42 Å². The molecule has 0 amide bonds. The highest BCUT2D eigenvalue weighted by Crippen LogP contribution is 2.31. The molecule has 0 bridgehead atoms. The molecule has 0 N–H and O–H groups in total. The van der Waals surface area contributed by atoms with Gasteiger partial charge in [-0.15, -0.1) is 0 Å². The molecule has 0 spiro atoms. The van der Waals surface area contributed by atoms with Crippen molar-refractivity contribution in [2.24, 2.45) is 0 Å². The molecule has 25 heavy (non-hydrogen) atoms. The molecule has 0 unspecified atom stereocenters. The van der Waals surface area contributed by atoms with E-state index >= 15 is 0 Å². The van der Waals surface area contributed by atoms with Gasteiger partial charge in [-0.1, -0.05) is 6.07 Å². The second kappa shape index (κ2) is 8.22. The van der Waals surface area contributed by atoms with Crippen LogP contribution in [0.4, 0.5) is 0 Å². The number of methoxy groups -OCH3 is 2. The molecule has 0 saturated heterocycles. The summed E-state index contributed by atoms with van der Waals surface area (Å²) in [6, 6.07) is 11.7. The van der Waals surface area contributed by atoms with Crippen LogP contribution in [0.25, 0.3) is 0 Å². The lowest BCUT2D eigenvalue weighted by Gasteiger charge is -2.20. The van der Waals surface area contributed by atoms with Gasteiger partial charge in [0.2, 0.25) is 10.0 Å². The normalized spacial score (nSPS) is 11.4. The smallest absolute Gasteiger partial charge is 0.243 e. The largest absolute Gasteiger partial charge is 0.496 e. The lowest BCUT2D eigenvalue weighted by atomic mass is 10.1. The molecule has 0 heterocycles. The van der Waals surface area contributed by atoms with Crippen LogP contribution in [-0.4, -0.2) is 40.6 Å². The van der Waals surface area contributed by atoms with E-state index in [0.29, 0.717) is 29.4 Å². The van der Waals surface area contributed by atoms with E-state index in [1.807, 2.05) is 6.92 Å². The summed E-state index contributed by atoms with van der Waals surface area (Å²) in [7, 11) is 0.955. The van der Waals surface area contributed by atoms with Gasteiger partial charge < -0.3 is 14.2 Å². The van der Waals surface area contributed by atoms with E-state index < -0.39 is 10.0 Å². The monoisotopic (exact) mass is 365 g/mol. The molecular weight excluding hydrogens is 342 g/mol. The molecule has 0 atom stereocenters. The highest BCUT2D eigenvalue weighted by molar-refractivity contribution is 7.89. The van der Waals surface area contributed by atoms with Crippen LogP contribution in [-0.2, 0) is 16.6 Å². The zero-order chi connectivity index (χ0) is 18.4. The van der Waals surface area contributed by atoms with Crippen LogP contribution in [0.3, 0.4) is 0 Å². The van der Waals surface area contributed by atoms with Crippen LogP contribution >= 0.6 is 0 Å². The maximum Gasteiger partial charge on any atom is 0.243 e. The summed E-state index contributed by atoms with van der Waals surface area (Å²) in [6.07, 6.45) is 0. The summed E-state index contributed by atoms with van der Waals surface area (Å²) >= 11 is 0. The number of benzene rings is 2. The van der Waals surface area contributed by atoms with Crippen LogP contribution in [0.2, 0.25) is 0 Å². The summed E-state index contributed by atoms with van der Waals surface area (Å²) in [5.41, 5.74) is 0.671. The lowest BCUT2D eigenvalue weighted by Crippen LogP contribution is -2.27. The van der Waals surface area contributed by atoms with Crippen LogP contribution in [0.5, 0.6) is 17.2 Å². The van der Waals surface area contributed by atoms with E-state index in [0.717, 1.165) is 0 Å². The highest BCUT2D eigenvalue weighted by Gasteiger charge is 2.23. The first-order valence-electron chi connectivity index (χ1n) is 7.83. The second-order valence-corrected chi connectivity index (χ2v) is 7.35. The van der Waals surface area contributed by atoms with Crippen molar-refractivity contribution in [3.8, 4) is 17.2 Å². The molecule has 2 rings (SSSR count). The van der Waals surface area contributed by atoms with Gasteiger partial charge in [-0.05, 0) is 43.3 Å². The molecule has 0 saturated carbocycles. The average Bonchev–Trinajstić information content (AvgIpc) is 2.62. The molecule has 0 radical (unpaired) electrons. The minimum Gasteiger partial charge on any atom is -0.496 e. The van der Waals surface area contributed by atoms with Gasteiger partial charge in [-0.3, -0.25) is 0 Å². The van der Waals surface area contributed by atoms with Crippen molar-refractivity contribution >= 4 is 10.0 Å². The van der Waals surface area contributed by atoms with Crippen molar-refractivity contribution < 1.29 is 22.6 Å². The minimum atomic E-state index is -3.65. The maximum absolute atomic E-state index is 12.8. The Morgan fingerprint density at radius 2 is 1.52 bits per heavy atom. The number of nitrogens with zero attached hydrogens (tertiary/aromatic N) is 1. The molecule has 0 aliphatic heterocycles. The number of rotatable bonds is 8. The Bertz CT molecular complexity index is 780. The van der Waals surface area contributed by atoms with Crippen molar-refractivity contribution in [1.29, 1.82) is 0 Å². The summed E-state index contributed by atoms with van der Waals surface area (Å²) < 4.78 is 42.9. The van der Waals surface area contributed by atoms with E-state index in [4.69, 9.17) is 14.2 Å². The molecular formula is C18H23NO5S. The Morgan fingerprint density at radius 3 is 2.00 bits per heavy atom. The lowest BCUT2D eigenvalue weighted by molar-refractivity contribution is 0.340. The minimum absolute atomic E-state index is 0.128. The molecule has 2 aromatic rings. The van der Waals surface area contributed by atoms with Crippen molar-refractivity contribution in [3.63, 3.8) is 0 Å². The maximum atomic E-state index is 12.8. The Kier molecular flexibility index (Phi) is 6.27. The molecule has 6 nitrogen and oxygen atoms in total. The standard InChI is InChI=1S/C18H23NO5S/c1-5-24-14-9-11-15(12-10-14)25(20,21)19(2)13-16-17(22-3)7-6-8-18(16)23-4/h6-12H,5,13H2,1-4H3. The first kappa shape index (κ1) is 19.1. The van der Waals surface area contributed by atoms with Gasteiger partial charge in [0.05, 0.1) is 31.3 Å². The topological polar surface area (TPSA) is 65.1 Å². The number of sulfonamides is 1. The van der Waals surface area contributed by atoms with Crippen molar-refractivity contribution in [2.75, 3.05) is 27.9 Å². The predicted molar refractivity (Wildman–Crippen MR) is 95.8 cm³/mol. The van der Waals surface area contributed by atoms with Crippen LogP contribution in [0.1, 0.15) is 12.5 Å². The molecule has 0 aromatic heterocycles. The SMILES string of the molecule is CCOc1ccc(S(=O)(=O)N(C)Cc2c(OC)cccc2OC)cc1. The third-order valence-corrected chi connectivity index (χ3v) is 5.57. The van der Waals surface area contributed by atoms with E-state index in [9.17, 15) is 8.42 Å². The predicted octanol–water partition coefficient (Wildman–Crippen LogP) is 2.92. The van der Waals surface area contributed by atoms with Gasteiger partial charge in [-0.2, -0.15) is 4.31 Å². The second-order valence-electron chi connectivity index (χ2n) is 5.31. The summed E-state index contributed by atoms with van der Waals surface area (Å²) in [6.45, 7) is 2.53. The number of hydrogen-bond donors (Lipinski definition) is 0. The van der Waals surface area contributed by atoms with E-state index in [-0.39, 0.29) is 11.4 Å². The number of hydrogen-bond acceptors (Lipinski definition) is 5. The Labute approximate surface area is 149 Å². The van der Waals surface area contributed by atoms with Crippen molar-refractivity contribution in [1.82, 2.24) is 4.31 Å². The van der Waals surface area contributed by atoms with Crippen molar-refractivity contribution in [2.45, 2.75) is 18.4 Å². The molecule has 0 aliphatic rings. The third-order valence-electron chi connectivity index (χ3n) is 3.75. The third kappa shape index (κ3) is 4.24. The van der Waals surface area contributed by atoms with Gasteiger partial charge in [0, 0.05) is 13.6 Å². The quantitative estimate of drug-likeness (QED) is 0.720. The molecule has 136 valence electrons. The highest BCUT2D eigenvalue weighted by atomic mass is 32.2. The molecule has 7 heteroatoms. The van der Waals surface area contributed by atoms with E-state index in [2.05, 4.69) is 0 Å². The van der Waals surface area contributed by atoms with Gasteiger partial charge >= 0.3 is 0 Å². The molecule has 0 aliphatic carbocycles. The van der Waals surface area contributed by atoms with Crippen LogP contribution in [0, 0.1) is 0 Å². The van der Waals surface area contributed by atoms with E-state index in [1.54, 1.807) is 44.6 Å². The fourth-order valence-corrected chi connectivity index (χ4v) is 3.58. The molecule has 2 aromatic carbocycles. The van der Waals surface area contributed by atoms with Crippen LogP contribution < -0.4 is 14.2 Å². The first-order valence-corrected chi connectivity index (χ1v) is 9.27. The summed E-state index contributed by atoms with van der Waals surface area (Å²) in [5, 5.41) is 0. The first-order chi connectivity index (χ1) is 11.9.